The third-order valence-electron chi connectivity index (χ3n) is 6.55. The van der Waals surface area contributed by atoms with Gasteiger partial charge in [-0.1, -0.05) is 0 Å². The van der Waals surface area contributed by atoms with Gasteiger partial charge in [-0.25, -0.2) is 0 Å². The third kappa shape index (κ3) is 4.48. The third-order valence-corrected chi connectivity index (χ3v) is 6.55. The maximum atomic E-state index is 13.0. The van der Waals surface area contributed by atoms with Gasteiger partial charge in [0.15, 0.2) is 0 Å². The van der Waals surface area contributed by atoms with Gasteiger partial charge in [0.05, 0.1) is 11.1 Å². The smallest absolute Gasteiger partial charge is 0.371 e. The number of carbonyl (C=O) groups excluding carboxylic acids is 5. The molecule has 9 nitrogen and oxygen atoms in total. The Balaban J connectivity index is 1.43. The molecule has 0 saturated carbocycles. The van der Waals surface area contributed by atoms with Crippen molar-refractivity contribution in [3.8, 4) is 0 Å². The Hall–Kier alpha value is -3.44. The van der Waals surface area contributed by atoms with Gasteiger partial charge in [0.25, 0.3) is 11.8 Å². The number of halogens is 3. The minimum Gasteiger partial charge on any atom is -0.371 e. The van der Waals surface area contributed by atoms with Crippen LogP contribution < -0.4 is 10.2 Å². The van der Waals surface area contributed by atoms with E-state index in [1.54, 1.807) is 12.1 Å². The highest BCUT2D eigenvalue weighted by molar-refractivity contribution is 6.23. The van der Waals surface area contributed by atoms with Crippen LogP contribution in [0.3, 0.4) is 0 Å². The summed E-state index contributed by atoms with van der Waals surface area (Å²) in [6.07, 6.45) is -5.05. The Kier molecular flexibility index (Phi) is 6.09. The number of hydrogen-bond donors (Lipinski definition) is 1. The highest BCUT2D eigenvalue weighted by Crippen LogP contribution is 2.32. The van der Waals surface area contributed by atoms with Crippen LogP contribution in [0.25, 0.3) is 0 Å². The molecule has 4 rings (SSSR count). The Morgan fingerprint density at radius 1 is 1.06 bits per heavy atom. The second-order valence-electron chi connectivity index (χ2n) is 8.69. The zero-order chi connectivity index (χ0) is 24.8. The van der Waals surface area contributed by atoms with Gasteiger partial charge < -0.3 is 9.80 Å². The molecule has 2 saturated heterocycles. The molecule has 5 amide bonds. The van der Waals surface area contributed by atoms with Crippen molar-refractivity contribution in [3.05, 3.63) is 29.3 Å². The Labute approximate surface area is 192 Å². The van der Waals surface area contributed by atoms with Crippen LogP contribution in [0.1, 0.15) is 52.8 Å². The Bertz CT molecular complexity index is 1070. The first-order valence-electron chi connectivity index (χ1n) is 10.9. The average Bonchev–Trinajstić information content (AvgIpc) is 3.02. The van der Waals surface area contributed by atoms with Gasteiger partial charge in [0, 0.05) is 38.3 Å². The molecule has 0 aliphatic carbocycles. The Morgan fingerprint density at radius 2 is 1.71 bits per heavy atom. The summed E-state index contributed by atoms with van der Waals surface area (Å²) in [6, 6.07) is 3.39. The molecular formula is C22H23F3N4O5. The van der Waals surface area contributed by atoms with Gasteiger partial charge in [0.1, 0.15) is 12.5 Å². The number of amides is 5. The number of alkyl halides is 3. The van der Waals surface area contributed by atoms with Gasteiger partial charge in [-0.05, 0) is 37.5 Å². The summed E-state index contributed by atoms with van der Waals surface area (Å²) in [4.78, 5) is 65.2. The van der Waals surface area contributed by atoms with Crippen LogP contribution in [0.2, 0.25) is 0 Å². The molecule has 0 radical (unpaired) electrons. The highest BCUT2D eigenvalue weighted by Gasteiger charge is 2.45. The standard InChI is InChI=1S/C22H23F3N4O5/c1-27(18(31)11-22(23,24)25)12-6-8-28(9-7-12)13-2-3-14-15(10-13)21(34)29(20(14)33)16-4-5-17(30)26-19(16)32/h2-3,10,12,16H,4-9,11H2,1H3,(H,26,30,32). The fraction of sp³-hybridized carbons (Fsp3) is 0.500. The maximum absolute atomic E-state index is 13.0. The van der Waals surface area contributed by atoms with E-state index in [9.17, 15) is 37.1 Å². The molecule has 1 aromatic rings. The van der Waals surface area contributed by atoms with Gasteiger partial charge >= 0.3 is 6.18 Å². The number of piperidine rings is 2. The predicted octanol–water partition coefficient (Wildman–Crippen LogP) is 1.47. The number of fused-ring (bicyclic) bond motifs is 1. The number of carbonyl (C=O) groups is 5. The molecule has 3 aliphatic heterocycles. The molecule has 2 fully saturated rings. The fourth-order valence-corrected chi connectivity index (χ4v) is 4.67. The van der Waals surface area contributed by atoms with Crippen molar-refractivity contribution in [1.82, 2.24) is 15.1 Å². The van der Waals surface area contributed by atoms with Gasteiger partial charge in [-0.2, -0.15) is 13.2 Å². The van der Waals surface area contributed by atoms with Crippen molar-refractivity contribution >= 4 is 35.2 Å². The van der Waals surface area contributed by atoms with E-state index in [1.165, 1.54) is 13.1 Å². The van der Waals surface area contributed by atoms with E-state index < -0.39 is 48.2 Å². The molecule has 182 valence electrons. The number of rotatable bonds is 4. The van der Waals surface area contributed by atoms with Crippen molar-refractivity contribution in [2.45, 2.75) is 50.4 Å². The second kappa shape index (κ2) is 8.73. The molecule has 12 heteroatoms. The molecule has 34 heavy (non-hydrogen) atoms. The molecule has 0 bridgehead atoms. The van der Waals surface area contributed by atoms with E-state index in [1.807, 2.05) is 4.90 Å². The lowest BCUT2D eigenvalue weighted by molar-refractivity contribution is -0.162. The minimum atomic E-state index is -4.55. The number of imide groups is 2. The normalized spacial score (nSPS) is 21.6. The maximum Gasteiger partial charge on any atom is 0.397 e. The van der Waals surface area contributed by atoms with E-state index in [-0.39, 0.29) is 30.0 Å². The SMILES string of the molecule is CN(C(=O)CC(F)(F)F)C1CCN(c2ccc3c(c2)C(=O)N(C2CCC(=O)NC2=O)C3=O)CC1. The molecule has 3 heterocycles. The van der Waals surface area contributed by atoms with Crippen molar-refractivity contribution in [1.29, 1.82) is 0 Å². The van der Waals surface area contributed by atoms with Crippen LogP contribution in [-0.2, 0) is 14.4 Å². The van der Waals surface area contributed by atoms with Gasteiger partial charge in [-0.3, -0.25) is 34.2 Å². The molecule has 3 aliphatic rings. The molecule has 0 aromatic heterocycles. The van der Waals surface area contributed by atoms with Gasteiger partial charge in [0.2, 0.25) is 17.7 Å². The monoisotopic (exact) mass is 480 g/mol. The highest BCUT2D eigenvalue weighted by atomic mass is 19.4. The molecular weight excluding hydrogens is 457 g/mol. The number of nitrogens with one attached hydrogen (secondary N) is 1. The van der Waals surface area contributed by atoms with E-state index in [0.717, 1.165) is 9.80 Å². The lowest BCUT2D eigenvalue weighted by Gasteiger charge is -2.38. The van der Waals surface area contributed by atoms with Crippen LogP contribution in [0.5, 0.6) is 0 Å². The van der Waals surface area contributed by atoms with E-state index >= 15 is 0 Å². The first-order chi connectivity index (χ1) is 16.0. The molecule has 1 aromatic carbocycles. The lowest BCUT2D eigenvalue weighted by Crippen LogP contribution is -2.54. The fourth-order valence-electron chi connectivity index (χ4n) is 4.67. The van der Waals surface area contributed by atoms with Crippen LogP contribution in [-0.4, -0.2) is 77.7 Å². The first kappa shape index (κ1) is 23.7. The molecule has 1 N–H and O–H groups in total. The summed E-state index contributed by atoms with van der Waals surface area (Å²) in [5.41, 5.74) is 0.991. The quantitative estimate of drug-likeness (QED) is 0.655. The summed E-state index contributed by atoms with van der Waals surface area (Å²) < 4.78 is 37.6. The van der Waals surface area contributed by atoms with Crippen molar-refractivity contribution in [2.24, 2.45) is 0 Å². The Morgan fingerprint density at radius 3 is 2.32 bits per heavy atom. The zero-order valence-corrected chi connectivity index (χ0v) is 18.4. The summed E-state index contributed by atoms with van der Waals surface area (Å²) >= 11 is 0. The van der Waals surface area contributed by atoms with E-state index in [4.69, 9.17) is 0 Å². The van der Waals surface area contributed by atoms with Crippen LogP contribution in [0, 0.1) is 0 Å². The largest absolute Gasteiger partial charge is 0.397 e. The summed E-state index contributed by atoms with van der Waals surface area (Å²) in [6.45, 7) is 0.901. The average molecular weight is 480 g/mol. The van der Waals surface area contributed by atoms with Crippen molar-refractivity contribution < 1.29 is 37.1 Å². The summed E-state index contributed by atoms with van der Waals surface area (Å²) in [5, 5.41) is 2.15. The van der Waals surface area contributed by atoms with Crippen molar-refractivity contribution in [3.63, 3.8) is 0 Å². The number of benzene rings is 1. The summed E-state index contributed by atoms with van der Waals surface area (Å²) in [5.74, 6) is -3.30. The van der Waals surface area contributed by atoms with Crippen LogP contribution in [0.4, 0.5) is 18.9 Å². The first-order valence-corrected chi connectivity index (χ1v) is 10.9. The lowest BCUT2D eigenvalue weighted by atomic mass is 10.0. The number of nitrogens with zero attached hydrogens (tertiary/aromatic N) is 3. The predicted molar refractivity (Wildman–Crippen MR) is 112 cm³/mol. The van der Waals surface area contributed by atoms with Crippen LogP contribution >= 0.6 is 0 Å². The molecule has 1 atom stereocenters. The minimum absolute atomic E-state index is 0.0317. The second-order valence-corrected chi connectivity index (χ2v) is 8.69. The summed E-state index contributed by atoms with van der Waals surface area (Å²) in [7, 11) is 1.37. The van der Waals surface area contributed by atoms with Gasteiger partial charge in [-0.15, -0.1) is 0 Å². The van der Waals surface area contributed by atoms with E-state index in [2.05, 4.69) is 5.32 Å². The van der Waals surface area contributed by atoms with Crippen molar-refractivity contribution in [2.75, 3.05) is 25.0 Å². The van der Waals surface area contributed by atoms with E-state index in [0.29, 0.717) is 31.6 Å². The molecule has 0 spiro atoms. The number of anilines is 1. The zero-order valence-electron chi connectivity index (χ0n) is 18.4. The number of hydrogen-bond acceptors (Lipinski definition) is 6. The molecule has 1 unspecified atom stereocenters. The van der Waals surface area contributed by atoms with Crippen LogP contribution in [0.15, 0.2) is 18.2 Å². The topological polar surface area (TPSA) is 107 Å².